The number of aliphatic hydroxyl groups is 1. The van der Waals surface area contributed by atoms with Gasteiger partial charge in [0.15, 0.2) is 0 Å². The van der Waals surface area contributed by atoms with Crippen molar-refractivity contribution in [3.63, 3.8) is 0 Å². The number of amides is 2. The van der Waals surface area contributed by atoms with Crippen LogP contribution in [0.5, 0.6) is 0 Å². The van der Waals surface area contributed by atoms with Gasteiger partial charge in [-0.25, -0.2) is 4.79 Å². The molecule has 2 aliphatic rings. The molecule has 0 bridgehead atoms. The van der Waals surface area contributed by atoms with Gasteiger partial charge >= 0.3 is 6.03 Å². The van der Waals surface area contributed by atoms with E-state index in [9.17, 15) is 9.90 Å². The van der Waals surface area contributed by atoms with Gasteiger partial charge in [-0.15, -0.1) is 0 Å². The Balaban J connectivity index is 1.75. The van der Waals surface area contributed by atoms with Crippen LogP contribution in [0.25, 0.3) is 0 Å². The largest absolute Gasteiger partial charge is 0.387 e. The Morgan fingerprint density at radius 2 is 2.22 bits per heavy atom. The van der Waals surface area contributed by atoms with Gasteiger partial charge in [0.1, 0.15) is 0 Å². The monoisotopic (exact) mass is 272 g/mol. The molecule has 0 aromatic heterocycles. The van der Waals surface area contributed by atoms with Gasteiger partial charge in [0.05, 0.1) is 5.60 Å². The second-order valence-electron chi connectivity index (χ2n) is 6.29. The lowest BCUT2D eigenvalue weighted by Crippen LogP contribution is -2.50. The van der Waals surface area contributed by atoms with Gasteiger partial charge in [-0.3, -0.25) is 0 Å². The molecule has 0 spiro atoms. The SMILES string of the molecule is CC1(C)CCCC1NC(=O)NCC1(O)CCSC1. The van der Waals surface area contributed by atoms with Crippen molar-refractivity contribution in [3.8, 4) is 0 Å². The molecule has 2 fully saturated rings. The number of urea groups is 1. The molecule has 18 heavy (non-hydrogen) atoms. The fraction of sp³-hybridized carbons (Fsp3) is 0.923. The van der Waals surface area contributed by atoms with Crippen LogP contribution in [-0.2, 0) is 0 Å². The topological polar surface area (TPSA) is 61.4 Å². The number of hydrogen-bond acceptors (Lipinski definition) is 3. The molecule has 4 nitrogen and oxygen atoms in total. The first-order chi connectivity index (χ1) is 8.41. The maximum atomic E-state index is 11.8. The van der Waals surface area contributed by atoms with Crippen LogP contribution in [0.1, 0.15) is 39.5 Å². The highest BCUT2D eigenvalue weighted by molar-refractivity contribution is 7.99. The Hall–Kier alpha value is -0.420. The average molecular weight is 272 g/mol. The van der Waals surface area contributed by atoms with E-state index in [0.717, 1.165) is 24.3 Å². The summed E-state index contributed by atoms with van der Waals surface area (Å²) in [4.78, 5) is 11.8. The summed E-state index contributed by atoms with van der Waals surface area (Å²) in [6.07, 6.45) is 4.17. The highest BCUT2D eigenvalue weighted by Crippen LogP contribution is 2.37. The van der Waals surface area contributed by atoms with Crippen LogP contribution in [0.15, 0.2) is 0 Å². The fourth-order valence-corrected chi connectivity index (χ4v) is 4.08. The van der Waals surface area contributed by atoms with E-state index in [0.29, 0.717) is 6.54 Å². The van der Waals surface area contributed by atoms with Gasteiger partial charge < -0.3 is 15.7 Å². The Kier molecular flexibility index (Phi) is 4.11. The van der Waals surface area contributed by atoms with Gasteiger partial charge in [-0.1, -0.05) is 20.3 Å². The number of thioether (sulfide) groups is 1. The van der Waals surface area contributed by atoms with Crippen LogP contribution >= 0.6 is 11.8 Å². The van der Waals surface area contributed by atoms with E-state index in [1.807, 2.05) is 0 Å². The summed E-state index contributed by atoms with van der Waals surface area (Å²) in [5.41, 5.74) is -0.509. The van der Waals surface area contributed by atoms with E-state index in [1.165, 1.54) is 12.8 Å². The molecule has 5 heteroatoms. The minimum Gasteiger partial charge on any atom is -0.387 e. The molecule has 0 radical (unpaired) electrons. The van der Waals surface area contributed by atoms with Crippen molar-refractivity contribution in [2.75, 3.05) is 18.1 Å². The van der Waals surface area contributed by atoms with Crippen molar-refractivity contribution in [1.82, 2.24) is 10.6 Å². The summed E-state index contributed by atoms with van der Waals surface area (Å²) >= 11 is 1.74. The first-order valence-electron chi connectivity index (χ1n) is 6.76. The fourth-order valence-electron chi connectivity index (χ4n) is 2.78. The van der Waals surface area contributed by atoms with Crippen molar-refractivity contribution >= 4 is 17.8 Å². The van der Waals surface area contributed by atoms with Crippen LogP contribution in [0.4, 0.5) is 4.79 Å². The molecule has 2 rings (SSSR count). The third kappa shape index (κ3) is 3.32. The van der Waals surface area contributed by atoms with Crippen LogP contribution in [0.2, 0.25) is 0 Å². The van der Waals surface area contributed by atoms with Gasteiger partial charge in [0.2, 0.25) is 0 Å². The smallest absolute Gasteiger partial charge is 0.315 e. The van der Waals surface area contributed by atoms with Gasteiger partial charge in [0, 0.05) is 18.3 Å². The van der Waals surface area contributed by atoms with Crippen molar-refractivity contribution in [2.24, 2.45) is 5.41 Å². The molecule has 1 saturated carbocycles. The second-order valence-corrected chi connectivity index (χ2v) is 7.39. The maximum absolute atomic E-state index is 11.8. The molecule has 1 aliphatic carbocycles. The van der Waals surface area contributed by atoms with E-state index in [4.69, 9.17) is 0 Å². The summed E-state index contributed by atoms with van der Waals surface area (Å²) in [7, 11) is 0. The Morgan fingerprint density at radius 3 is 2.78 bits per heavy atom. The lowest BCUT2D eigenvalue weighted by atomic mass is 9.87. The zero-order valence-corrected chi connectivity index (χ0v) is 12.1. The van der Waals surface area contributed by atoms with Crippen LogP contribution < -0.4 is 10.6 Å². The van der Waals surface area contributed by atoms with Crippen molar-refractivity contribution in [2.45, 2.75) is 51.2 Å². The minimum atomic E-state index is -0.701. The average Bonchev–Trinajstić information content (AvgIpc) is 2.85. The molecule has 104 valence electrons. The molecule has 2 atom stereocenters. The summed E-state index contributed by atoms with van der Waals surface area (Å²) < 4.78 is 0. The first-order valence-corrected chi connectivity index (χ1v) is 7.91. The zero-order valence-electron chi connectivity index (χ0n) is 11.3. The van der Waals surface area contributed by atoms with Gasteiger partial charge in [0.25, 0.3) is 0 Å². The highest BCUT2D eigenvalue weighted by Gasteiger charge is 2.36. The highest BCUT2D eigenvalue weighted by atomic mass is 32.2. The molecular weight excluding hydrogens is 248 g/mol. The normalized spacial score (nSPS) is 34.5. The maximum Gasteiger partial charge on any atom is 0.315 e. The number of nitrogens with one attached hydrogen (secondary N) is 2. The predicted octanol–water partition coefficient (Wildman–Crippen LogP) is 1.73. The van der Waals surface area contributed by atoms with Gasteiger partial charge in [-0.05, 0) is 30.4 Å². The van der Waals surface area contributed by atoms with Crippen LogP contribution in [0, 0.1) is 5.41 Å². The first kappa shape index (κ1) is 14.0. The standard InChI is InChI=1S/C13H24N2O2S/c1-12(2)5-3-4-10(12)15-11(16)14-8-13(17)6-7-18-9-13/h10,17H,3-9H2,1-2H3,(H2,14,15,16). The quantitative estimate of drug-likeness (QED) is 0.733. The summed E-state index contributed by atoms with van der Waals surface area (Å²) in [6, 6.07) is 0.116. The van der Waals surface area contributed by atoms with Gasteiger partial charge in [-0.2, -0.15) is 11.8 Å². The molecule has 1 heterocycles. The van der Waals surface area contributed by atoms with Crippen molar-refractivity contribution in [3.05, 3.63) is 0 Å². The van der Waals surface area contributed by atoms with E-state index in [1.54, 1.807) is 11.8 Å². The van der Waals surface area contributed by atoms with E-state index < -0.39 is 5.60 Å². The summed E-state index contributed by atoms with van der Waals surface area (Å²) in [5.74, 6) is 1.71. The minimum absolute atomic E-state index is 0.139. The Bertz CT molecular complexity index is 314. The van der Waals surface area contributed by atoms with Crippen LogP contribution in [0.3, 0.4) is 0 Å². The van der Waals surface area contributed by atoms with Crippen molar-refractivity contribution in [1.29, 1.82) is 0 Å². The Labute approximate surface area is 113 Å². The van der Waals surface area contributed by atoms with E-state index in [2.05, 4.69) is 24.5 Å². The molecule has 1 saturated heterocycles. The number of carbonyl (C=O) groups excluding carboxylic acids is 1. The Morgan fingerprint density at radius 1 is 1.44 bits per heavy atom. The molecule has 3 N–H and O–H groups in total. The molecule has 0 aromatic carbocycles. The zero-order chi connectivity index (χ0) is 13.2. The number of carbonyl (C=O) groups is 1. The van der Waals surface area contributed by atoms with Crippen LogP contribution in [-0.4, -0.2) is 40.8 Å². The molecule has 2 amide bonds. The second kappa shape index (κ2) is 5.29. The lowest BCUT2D eigenvalue weighted by molar-refractivity contribution is 0.0696. The molecule has 2 unspecified atom stereocenters. The lowest BCUT2D eigenvalue weighted by Gasteiger charge is -2.29. The predicted molar refractivity (Wildman–Crippen MR) is 74.8 cm³/mol. The van der Waals surface area contributed by atoms with E-state index in [-0.39, 0.29) is 17.5 Å². The van der Waals surface area contributed by atoms with Crippen molar-refractivity contribution < 1.29 is 9.90 Å². The third-order valence-electron chi connectivity index (χ3n) is 4.22. The third-order valence-corrected chi connectivity index (χ3v) is 5.46. The molecular formula is C13H24N2O2S. The summed E-state index contributed by atoms with van der Waals surface area (Å²) in [6.45, 7) is 4.76. The molecule has 0 aromatic rings. The van der Waals surface area contributed by atoms with E-state index >= 15 is 0 Å². The summed E-state index contributed by atoms with van der Waals surface area (Å²) in [5, 5.41) is 16.0. The molecule has 1 aliphatic heterocycles. The number of hydrogen-bond donors (Lipinski definition) is 3. The number of rotatable bonds is 3.